The Balaban J connectivity index is 1.79. The van der Waals surface area contributed by atoms with Crippen molar-refractivity contribution >= 4 is 28.2 Å². The van der Waals surface area contributed by atoms with Crippen molar-refractivity contribution < 1.29 is 9.53 Å². The lowest BCUT2D eigenvalue weighted by Gasteiger charge is -2.09. The first kappa shape index (κ1) is 17.5. The minimum absolute atomic E-state index is 0.0268. The van der Waals surface area contributed by atoms with Crippen LogP contribution in [0.4, 0.5) is 5.69 Å². The summed E-state index contributed by atoms with van der Waals surface area (Å²) in [6.45, 7) is 2.69. The monoisotopic (exact) mass is 347 g/mol. The molecule has 3 rings (SSSR count). The molecule has 0 aliphatic rings. The number of rotatable bonds is 6. The van der Waals surface area contributed by atoms with Crippen molar-refractivity contribution in [3.8, 4) is 5.75 Å². The van der Waals surface area contributed by atoms with E-state index in [1.165, 1.54) is 0 Å². The summed E-state index contributed by atoms with van der Waals surface area (Å²) in [5.41, 5.74) is 7.44. The highest BCUT2D eigenvalue weighted by molar-refractivity contribution is 6.07. The molecule has 3 aromatic carbocycles. The van der Waals surface area contributed by atoms with Gasteiger partial charge in [-0.2, -0.15) is 0 Å². The molecule has 0 bridgehead atoms. The van der Waals surface area contributed by atoms with E-state index in [2.05, 4.69) is 5.32 Å². The molecule has 0 fully saturated rings. The van der Waals surface area contributed by atoms with Crippen LogP contribution in [0.1, 0.15) is 29.3 Å². The maximum Gasteiger partial charge on any atom is 0.255 e. The van der Waals surface area contributed by atoms with E-state index in [9.17, 15) is 4.79 Å². The number of hydrogen-bond donors (Lipinski definition) is 3. The van der Waals surface area contributed by atoms with Crippen LogP contribution >= 0.6 is 0 Å². The molecule has 26 heavy (non-hydrogen) atoms. The second kappa shape index (κ2) is 7.70. The fourth-order valence-electron chi connectivity index (χ4n) is 2.64. The number of benzene rings is 3. The molecule has 132 valence electrons. The number of anilines is 1. The number of hydrogen-bond acceptors (Lipinski definition) is 3. The second-order valence-corrected chi connectivity index (χ2v) is 6.02. The topological polar surface area (TPSA) is 88.2 Å². The lowest BCUT2D eigenvalue weighted by Crippen LogP contribution is -2.12. The van der Waals surface area contributed by atoms with Gasteiger partial charge in [0.05, 0.1) is 6.61 Å². The van der Waals surface area contributed by atoms with Crippen molar-refractivity contribution in [1.82, 2.24) is 0 Å². The van der Waals surface area contributed by atoms with Gasteiger partial charge in [-0.05, 0) is 47.5 Å². The van der Waals surface area contributed by atoms with Gasteiger partial charge in [-0.25, -0.2) is 0 Å². The zero-order chi connectivity index (χ0) is 18.5. The number of amidine groups is 1. The van der Waals surface area contributed by atoms with Crippen molar-refractivity contribution in [2.24, 2.45) is 5.73 Å². The highest BCUT2D eigenvalue weighted by atomic mass is 16.5. The molecule has 0 aliphatic carbocycles. The SMILES string of the molecule is CCCOc1cccc(NC(=O)c2ccc3cc(C(=N)N)ccc3c2)c1. The first-order valence-electron chi connectivity index (χ1n) is 8.49. The van der Waals surface area contributed by atoms with Gasteiger partial charge in [-0.15, -0.1) is 0 Å². The van der Waals surface area contributed by atoms with E-state index in [1.54, 1.807) is 12.1 Å². The van der Waals surface area contributed by atoms with Gasteiger partial charge in [0.1, 0.15) is 11.6 Å². The molecule has 3 aromatic rings. The summed E-state index contributed by atoms with van der Waals surface area (Å²) in [6.07, 6.45) is 0.930. The summed E-state index contributed by atoms with van der Waals surface area (Å²) in [6, 6.07) is 18.3. The van der Waals surface area contributed by atoms with Crippen LogP contribution in [0.5, 0.6) is 5.75 Å². The number of nitrogen functional groups attached to an aromatic ring is 1. The first-order valence-corrected chi connectivity index (χ1v) is 8.49. The van der Waals surface area contributed by atoms with E-state index in [-0.39, 0.29) is 11.7 Å². The van der Waals surface area contributed by atoms with Crippen LogP contribution < -0.4 is 15.8 Å². The molecule has 0 heterocycles. The number of amides is 1. The lowest BCUT2D eigenvalue weighted by molar-refractivity contribution is 0.102. The summed E-state index contributed by atoms with van der Waals surface area (Å²) in [7, 11) is 0. The largest absolute Gasteiger partial charge is 0.494 e. The van der Waals surface area contributed by atoms with Crippen molar-refractivity contribution in [2.75, 3.05) is 11.9 Å². The van der Waals surface area contributed by atoms with Crippen LogP contribution in [0.2, 0.25) is 0 Å². The summed E-state index contributed by atoms with van der Waals surface area (Å²) < 4.78 is 5.59. The lowest BCUT2D eigenvalue weighted by atomic mass is 10.0. The maximum absolute atomic E-state index is 12.6. The van der Waals surface area contributed by atoms with Gasteiger partial charge in [0.2, 0.25) is 0 Å². The van der Waals surface area contributed by atoms with Gasteiger partial charge >= 0.3 is 0 Å². The quantitative estimate of drug-likeness (QED) is 0.462. The first-order chi connectivity index (χ1) is 12.6. The van der Waals surface area contributed by atoms with E-state index < -0.39 is 0 Å². The maximum atomic E-state index is 12.6. The summed E-state index contributed by atoms with van der Waals surface area (Å²) >= 11 is 0. The van der Waals surface area contributed by atoms with Crippen molar-refractivity contribution in [3.05, 3.63) is 71.8 Å². The molecule has 0 spiro atoms. The molecule has 0 saturated carbocycles. The molecular weight excluding hydrogens is 326 g/mol. The van der Waals surface area contributed by atoms with Crippen LogP contribution in [0.3, 0.4) is 0 Å². The Bertz CT molecular complexity index is 966. The minimum atomic E-state index is -0.185. The number of ether oxygens (including phenoxy) is 1. The average Bonchev–Trinajstić information content (AvgIpc) is 2.65. The van der Waals surface area contributed by atoms with Crippen molar-refractivity contribution in [2.45, 2.75) is 13.3 Å². The van der Waals surface area contributed by atoms with Crippen LogP contribution in [-0.2, 0) is 0 Å². The van der Waals surface area contributed by atoms with Crippen LogP contribution in [-0.4, -0.2) is 18.3 Å². The number of nitrogens with one attached hydrogen (secondary N) is 2. The van der Waals surface area contributed by atoms with Crippen molar-refractivity contribution in [1.29, 1.82) is 5.41 Å². The second-order valence-electron chi connectivity index (χ2n) is 6.02. The molecule has 5 heteroatoms. The predicted octanol–water partition coefficient (Wildman–Crippen LogP) is 4.16. The van der Waals surface area contributed by atoms with Gasteiger partial charge < -0.3 is 15.8 Å². The molecule has 0 saturated heterocycles. The summed E-state index contributed by atoms with van der Waals surface area (Å²) in [4.78, 5) is 12.6. The fourth-order valence-corrected chi connectivity index (χ4v) is 2.64. The molecule has 4 N–H and O–H groups in total. The zero-order valence-electron chi connectivity index (χ0n) is 14.6. The fraction of sp³-hybridized carbons (Fsp3) is 0.143. The molecule has 0 radical (unpaired) electrons. The number of nitrogens with two attached hydrogens (primary N) is 1. The molecule has 0 atom stereocenters. The van der Waals surface area contributed by atoms with Gasteiger partial charge in [0.15, 0.2) is 0 Å². The molecule has 1 amide bonds. The van der Waals surface area contributed by atoms with E-state index in [1.807, 2.05) is 55.5 Å². The number of carbonyl (C=O) groups excluding carboxylic acids is 1. The summed E-state index contributed by atoms with van der Waals surface area (Å²) in [5, 5.41) is 12.3. The van der Waals surface area contributed by atoms with Crippen LogP contribution in [0, 0.1) is 5.41 Å². The van der Waals surface area contributed by atoms with Gasteiger partial charge in [-0.3, -0.25) is 10.2 Å². The minimum Gasteiger partial charge on any atom is -0.494 e. The smallest absolute Gasteiger partial charge is 0.255 e. The summed E-state index contributed by atoms with van der Waals surface area (Å²) in [5.74, 6) is 0.578. The highest BCUT2D eigenvalue weighted by Gasteiger charge is 2.08. The number of carbonyl (C=O) groups is 1. The standard InChI is InChI=1S/C21H21N3O2/c1-2-10-26-19-5-3-4-18(13-19)24-21(25)17-9-7-14-11-16(20(22)23)8-6-15(14)12-17/h3-9,11-13H,2,10H2,1H3,(H3,22,23)(H,24,25). The zero-order valence-corrected chi connectivity index (χ0v) is 14.6. The third-order valence-electron chi connectivity index (χ3n) is 3.98. The Morgan fingerprint density at radius 1 is 1.04 bits per heavy atom. The molecule has 5 nitrogen and oxygen atoms in total. The van der Waals surface area contributed by atoms with E-state index >= 15 is 0 Å². The van der Waals surface area contributed by atoms with E-state index in [0.29, 0.717) is 23.4 Å². The third kappa shape index (κ3) is 4.00. The Labute approximate surface area is 152 Å². The Morgan fingerprint density at radius 3 is 2.42 bits per heavy atom. The van der Waals surface area contributed by atoms with Crippen LogP contribution in [0.25, 0.3) is 10.8 Å². The molecule has 0 unspecified atom stereocenters. The Morgan fingerprint density at radius 2 is 1.73 bits per heavy atom. The van der Waals surface area contributed by atoms with E-state index in [4.69, 9.17) is 15.9 Å². The van der Waals surface area contributed by atoms with Gasteiger partial charge in [0.25, 0.3) is 5.91 Å². The Hall–Kier alpha value is -3.34. The highest BCUT2D eigenvalue weighted by Crippen LogP contribution is 2.21. The third-order valence-corrected chi connectivity index (χ3v) is 3.98. The van der Waals surface area contributed by atoms with Gasteiger partial charge in [-0.1, -0.05) is 31.2 Å². The number of fused-ring (bicyclic) bond motifs is 1. The Kier molecular flexibility index (Phi) is 5.17. The average molecular weight is 347 g/mol. The normalized spacial score (nSPS) is 10.5. The molecular formula is C21H21N3O2. The predicted molar refractivity (Wildman–Crippen MR) is 105 cm³/mol. The van der Waals surface area contributed by atoms with Gasteiger partial charge in [0, 0.05) is 22.9 Å². The van der Waals surface area contributed by atoms with Crippen molar-refractivity contribution in [3.63, 3.8) is 0 Å². The molecule has 0 aromatic heterocycles. The van der Waals surface area contributed by atoms with E-state index in [0.717, 1.165) is 22.9 Å². The van der Waals surface area contributed by atoms with Crippen LogP contribution in [0.15, 0.2) is 60.7 Å². The molecule has 0 aliphatic heterocycles.